The Labute approximate surface area is 131 Å². The van der Waals surface area contributed by atoms with Crippen LogP contribution in [-0.4, -0.2) is 24.2 Å². The third kappa shape index (κ3) is 7.30. The van der Waals surface area contributed by atoms with Crippen LogP contribution in [0.1, 0.15) is 73.6 Å². The largest absolute Gasteiger partial charge is 0.375 e. The molecule has 2 atom stereocenters. The highest BCUT2D eigenvalue weighted by atomic mass is 16.5. The topological polar surface area (TPSA) is 38.3 Å². The Balaban J connectivity index is 2.42. The lowest BCUT2D eigenvalue weighted by molar-refractivity contribution is -0.125. The van der Waals surface area contributed by atoms with Crippen molar-refractivity contribution in [2.45, 2.75) is 85.3 Å². The second-order valence-corrected chi connectivity index (χ2v) is 8.04. The van der Waals surface area contributed by atoms with E-state index in [-0.39, 0.29) is 17.6 Å². The number of hydrogen-bond acceptors (Lipinski definition) is 2. The Morgan fingerprint density at radius 2 is 1.90 bits per heavy atom. The van der Waals surface area contributed by atoms with E-state index in [0.29, 0.717) is 24.2 Å². The van der Waals surface area contributed by atoms with E-state index in [2.05, 4.69) is 46.9 Å². The van der Waals surface area contributed by atoms with E-state index in [9.17, 15) is 4.79 Å². The molecule has 21 heavy (non-hydrogen) atoms. The van der Waals surface area contributed by atoms with Gasteiger partial charge in [-0.25, -0.2) is 0 Å². The number of rotatable bonds is 7. The van der Waals surface area contributed by atoms with Gasteiger partial charge in [-0.15, -0.1) is 0 Å². The van der Waals surface area contributed by atoms with Gasteiger partial charge in [-0.05, 0) is 50.9 Å². The van der Waals surface area contributed by atoms with Crippen molar-refractivity contribution in [2.75, 3.05) is 6.61 Å². The number of carbonyl (C=O) groups is 1. The van der Waals surface area contributed by atoms with E-state index in [1.807, 2.05) is 0 Å². The average Bonchev–Trinajstić information content (AvgIpc) is 2.32. The zero-order valence-corrected chi connectivity index (χ0v) is 14.9. The number of ether oxygens (including phenoxy) is 1. The van der Waals surface area contributed by atoms with Crippen LogP contribution in [0.4, 0.5) is 0 Å². The number of carbonyl (C=O) groups excluding carboxylic acids is 1. The van der Waals surface area contributed by atoms with Crippen molar-refractivity contribution in [3.8, 4) is 0 Å². The van der Waals surface area contributed by atoms with Crippen molar-refractivity contribution in [2.24, 2.45) is 17.8 Å². The van der Waals surface area contributed by atoms with Crippen molar-refractivity contribution in [3.05, 3.63) is 0 Å². The fourth-order valence-electron chi connectivity index (χ4n) is 3.10. The van der Waals surface area contributed by atoms with Crippen LogP contribution in [0.25, 0.3) is 0 Å². The van der Waals surface area contributed by atoms with Crippen LogP contribution in [-0.2, 0) is 9.53 Å². The SMILES string of the molecule is CC(C)CC[C@@H](CC(=O)N[C@H]1CCOC(C)(C)C1)C(C)C. The van der Waals surface area contributed by atoms with Gasteiger partial charge in [-0.3, -0.25) is 4.79 Å². The molecule has 3 nitrogen and oxygen atoms in total. The highest BCUT2D eigenvalue weighted by Gasteiger charge is 2.30. The molecule has 1 rings (SSSR count). The van der Waals surface area contributed by atoms with Crippen molar-refractivity contribution in [1.29, 1.82) is 0 Å². The van der Waals surface area contributed by atoms with Crippen LogP contribution in [0.2, 0.25) is 0 Å². The zero-order valence-electron chi connectivity index (χ0n) is 14.9. The van der Waals surface area contributed by atoms with Gasteiger partial charge in [0.05, 0.1) is 5.60 Å². The molecule has 0 aromatic heterocycles. The average molecular weight is 297 g/mol. The summed E-state index contributed by atoms with van der Waals surface area (Å²) in [5.74, 6) is 2.01. The molecular formula is C18H35NO2. The van der Waals surface area contributed by atoms with Crippen LogP contribution < -0.4 is 5.32 Å². The van der Waals surface area contributed by atoms with E-state index in [0.717, 1.165) is 25.9 Å². The van der Waals surface area contributed by atoms with E-state index in [1.165, 1.54) is 6.42 Å². The highest BCUT2D eigenvalue weighted by molar-refractivity contribution is 5.76. The maximum Gasteiger partial charge on any atom is 0.220 e. The third-order valence-electron chi connectivity index (χ3n) is 4.57. The molecule has 124 valence electrons. The van der Waals surface area contributed by atoms with Crippen LogP contribution in [0.3, 0.4) is 0 Å². The smallest absolute Gasteiger partial charge is 0.220 e. The molecule has 1 fully saturated rings. The molecule has 0 aromatic carbocycles. The zero-order chi connectivity index (χ0) is 16.0. The summed E-state index contributed by atoms with van der Waals surface area (Å²) in [4.78, 5) is 12.3. The minimum Gasteiger partial charge on any atom is -0.375 e. The van der Waals surface area contributed by atoms with Gasteiger partial charge in [0.1, 0.15) is 0 Å². The van der Waals surface area contributed by atoms with Gasteiger partial charge in [-0.1, -0.05) is 34.1 Å². The minimum absolute atomic E-state index is 0.106. The lowest BCUT2D eigenvalue weighted by atomic mass is 9.85. The predicted molar refractivity (Wildman–Crippen MR) is 88.2 cm³/mol. The summed E-state index contributed by atoms with van der Waals surface area (Å²) in [6, 6.07) is 0.277. The Hall–Kier alpha value is -0.570. The molecule has 0 aromatic rings. The summed E-state index contributed by atoms with van der Waals surface area (Å²) in [6.45, 7) is 13.9. The highest BCUT2D eigenvalue weighted by Crippen LogP contribution is 2.26. The van der Waals surface area contributed by atoms with Gasteiger partial charge in [-0.2, -0.15) is 0 Å². The maximum atomic E-state index is 12.3. The molecule has 0 bridgehead atoms. The van der Waals surface area contributed by atoms with Crippen molar-refractivity contribution < 1.29 is 9.53 Å². The number of hydrogen-bond donors (Lipinski definition) is 1. The Morgan fingerprint density at radius 3 is 2.43 bits per heavy atom. The molecule has 1 N–H and O–H groups in total. The molecule has 1 amide bonds. The van der Waals surface area contributed by atoms with Gasteiger partial charge >= 0.3 is 0 Å². The first-order chi connectivity index (χ1) is 9.69. The predicted octanol–water partition coefficient (Wildman–Crippen LogP) is 4.16. The van der Waals surface area contributed by atoms with Gasteiger partial charge in [0.2, 0.25) is 5.91 Å². The molecule has 0 saturated carbocycles. The quantitative estimate of drug-likeness (QED) is 0.766. The fraction of sp³-hybridized carbons (Fsp3) is 0.944. The molecule has 0 spiro atoms. The first-order valence-electron chi connectivity index (χ1n) is 8.63. The third-order valence-corrected chi connectivity index (χ3v) is 4.57. The Kier molecular flexibility index (Phi) is 7.19. The number of amides is 1. The van der Waals surface area contributed by atoms with Crippen LogP contribution >= 0.6 is 0 Å². The van der Waals surface area contributed by atoms with Gasteiger partial charge in [0.25, 0.3) is 0 Å². The molecule has 1 aliphatic heterocycles. The monoisotopic (exact) mass is 297 g/mol. The summed E-state index contributed by atoms with van der Waals surface area (Å²) >= 11 is 0. The summed E-state index contributed by atoms with van der Waals surface area (Å²) in [5, 5.41) is 3.23. The van der Waals surface area contributed by atoms with Crippen molar-refractivity contribution in [1.82, 2.24) is 5.32 Å². The van der Waals surface area contributed by atoms with Gasteiger partial charge in [0, 0.05) is 19.1 Å². The lowest BCUT2D eigenvalue weighted by Gasteiger charge is -2.36. The minimum atomic E-state index is -0.106. The molecule has 0 aliphatic carbocycles. The molecule has 0 unspecified atom stereocenters. The Morgan fingerprint density at radius 1 is 1.24 bits per heavy atom. The standard InChI is InChI=1S/C18H35NO2/c1-13(2)7-8-15(14(3)4)11-17(20)19-16-9-10-21-18(5,6)12-16/h13-16H,7-12H2,1-6H3,(H,19,20)/t15-,16-/m0/s1. The molecule has 1 heterocycles. The molecule has 1 aliphatic rings. The van der Waals surface area contributed by atoms with E-state index < -0.39 is 0 Å². The molecule has 1 saturated heterocycles. The van der Waals surface area contributed by atoms with Gasteiger partial charge in [0.15, 0.2) is 0 Å². The van der Waals surface area contributed by atoms with E-state index >= 15 is 0 Å². The second-order valence-electron chi connectivity index (χ2n) is 8.04. The van der Waals surface area contributed by atoms with Crippen molar-refractivity contribution in [3.63, 3.8) is 0 Å². The first kappa shape index (κ1) is 18.5. The summed E-state index contributed by atoms with van der Waals surface area (Å²) < 4.78 is 5.71. The normalized spacial score (nSPS) is 23.3. The van der Waals surface area contributed by atoms with Crippen molar-refractivity contribution >= 4 is 5.91 Å². The van der Waals surface area contributed by atoms with Gasteiger partial charge < -0.3 is 10.1 Å². The molecule has 3 heteroatoms. The summed E-state index contributed by atoms with van der Waals surface area (Å²) in [6.07, 6.45) is 4.88. The summed E-state index contributed by atoms with van der Waals surface area (Å²) in [5.41, 5.74) is -0.106. The van der Waals surface area contributed by atoms with Crippen LogP contribution in [0.5, 0.6) is 0 Å². The van der Waals surface area contributed by atoms with Crippen LogP contribution in [0, 0.1) is 17.8 Å². The van der Waals surface area contributed by atoms with E-state index in [1.54, 1.807) is 0 Å². The number of nitrogens with one attached hydrogen (secondary N) is 1. The first-order valence-corrected chi connectivity index (χ1v) is 8.63. The van der Waals surface area contributed by atoms with Crippen LogP contribution in [0.15, 0.2) is 0 Å². The molecule has 0 radical (unpaired) electrons. The fourth-order valence-corrected chi connectivity index (χ4v) is 3.10. The summed E-state index contributed by atoms with van der Waals surface area (Å²) in [7, 11) is 0. The lowest BCUT2D eigenvalue weighted by Crippen LogP contribution is -2.46. The molecular weight excluding hydrogens is 262 g/mol. The maximum absolute atomic E-state index is 12.3. The van der Waals surface area contributed by atoms with E-state index in [4.69, 9.17) is 4.74 Å². The second kappa shape index (κ2) is 8.17. The Bertz CT molecular complexity index is 323.